The van der Waals surface area contributed by atoms with Crippen LogP contribution in [0.15, 0.2) is 30.3 Å². The van der Waals surface area contributed by atoms with Crippen molar-refractivity contribution in [3.05, 3.63) is 35.9 Å². The summed E-state index contributed by atoms with van der Waals surface area (Å²) in [5.74, 6) is 5.49. The van der Waals surface area contributed by atoms with Crippen LogP contribution >= 0.6 is 12.2 Å². The van der Waals surface area contributed by atoms with Crippen LogP contribution in [-0.4, -0.2) is 17.2 Å². The van der Waals surface area contributed by atoms with Crippen LogP contribution in [0.1, 0.15) is 18.5 Å². The zero-order valence-corrected chi connectivity index (χ0v) is 9.21. The first-order valence-corrected chi connectivity index (χ1v) is 4.86. The summed E-state index contributed by atoms with van der Waals surface area (Å²) in [5, 5.41) is 5.07. The normalized spacial score (nSPS) is 11.9. The van der Waals surface area contributed by atoms with Crippen LogP contribution in [-0.2, 0) is 0 Å². The predicted octanol–water partition coefficient (Wildman–Crippen LogP) is 1.43. The highest BCUT2D eigenvalue weighted by atomic mass is 32.1. The van der Waals surface area contributed by atoms with Gasteiger partial charge in [-0.25, -0.2) is 5.84 Å². The first kappa shape index (κ1) is 10.9. The van der Waals surface area contributed by atoms with Crippen LogP contribution < -0.4 is 11.2 Å². The van der Waals surface area contributed by atoms with E-state index in [0.29, 0.717) is 5.11 Å². The summed E-state index contributed by atoms with van der Waals surface area (Å²) < 4.78 is 0. The van der Waals surface area contributed by atoms with Gasteiger partial charge in [-0.1, -0.05) is 30.3 Å². The molecule has 1 atom stereocenters. The number of hydrazine groups is 1. The van der Waals surface area contributed by atoms with E-state index in [1.807, 2.05) is 25.1 Å². The molecule has 76 valence electrons. The lowest BCUT2D eigenvalue weighted by Crippen LogP contribution is -2.42. The van der Waals surface area contributed by atoms with Gasteiger partial charge in [-0.05, 0) is 24.7 Å². The average molecular weight is 209 g/mol. The highest BCUT2D eigenvalue weighted by Gasteiger charge is 2.06. The van der Waals surface area contributed by atoms with E-state index in [1.54, 1.807) is 7.05 Å². The van der Waals surface area contributed by atoms with E-state index < -0.39 is 0 Å². The summed E-state index contributed by atoms with van der Waals surface area (Å²) in [6.07, 6.45) is 0. The number of hydrogen-bond acceptors (Lipinski definition) is 2. The SMILES string of the molecule is CC(NC(=S)N(C)N)c1ccccc1. The van der Waals surface area contributed by atoms with Gasteiger partial charge in [0.15, 0.2) is 5.11 Å². The second-order valence-corrected chi connectivity index (χ2v) is 3.58. The molecule has 0 fully saturated rings. The molecule has 0 saturated carbocycles. The van der Waals surface area contributed by atoms with E-state index in [9.17, 15) is 0 Å². The molecule has 0 aliphatic carbocycles. The fourth-order valence-corrected chi connectivity index (χ4v) is 1.29. The lowest BCUT2D eigenvalue weighted by atomic mass is 10.1. The third-order valence-corrected chi connectivity index (χ3v) is 2.37. The van der Waals surface area contributed by atoms with Crippen molar-refractivity contribution in [2.45, 2.75) is 13.0 Å². The summed E-state index contributed by atoms with van der Waals surface area (Å²) >= 11 is 5.04. The molecule has 0 radical (unpaired) electrons. The van der Waals surface area contributed by atoms with Crippen LogP contribution in [0.3, 0.4) is 0 Å². The average Bonchev–Trinajstić information content (AvgIpc) is 2.19. The van der Waals surface area contributed by atoms with Gasteiger partial charge in [-0.2, -0.15) is 0 Å². The van der Waals surface area contributed by atoms with Gasteiger partial charge in [0.25, 0.3) is 0 Å². The van der Waals surface area contributed by atoms with Gasteiger partial charge >= 0.3 is 0 Å². The zero-order valence-electron chi connectivity index (χ0n) is 8.40. The van der Waals surface area contributed by atoms with Crippen molar-refractivity contribution >= 4 is 17.3 Å². The minimum Gasteiger partial charge on any atom is -0.355 e. The van der Waals surface area contributed by atoms with Gasteiger partial charge < -0.3 is 5.32 Å². The summed E-state index contributed by atoms with van der Waals surface area (Å²) in [5.41, 5.74) is 1.19. The standard InChI is InChI=1S/C10H15N3S/c1-8(12-10(14)13(2)11)9-6-4-3-5-7-9/h3-8H,11H2,1-2H3,(H,12,14). The monoisotopic (exact) mass is 209 g/mol. The molecule has 1 aromatic rings. The Labute approximate surface area is 89.9 Å². The Hall–Kier alpha value is -1.13. The maximum Gasteiger partial charge on any atom is 0.183 e. The third-order valence-electron chi connectivity index (χ3n) is 1.96. The van der Waals surface area contributed by atoms with E-state index >= 15 is 0 Å². The van der Waals surface area contributed by atoms with Gasteiger partial charge in [0, 0.05) is 7.05 Å². The third kappa shape index (κ3) is 2.97. The number of nitrogens with one attached hydrogen (secondary N) is 1. The molecule has 0 spiro atoms. The maximum absolute atomic E-state index is 5.49. The second kappa shape index (κ2) is 4.93. The Balaban J connectivity index is 2.59. The van der Waals surface area contributed by atoms with Crippen LogP contribution in [0.4, 0.5) is 0 Å². The molecule has 1 unspecified atom stereocenters. The van der Waals surface area contributed by atoms with Crippen molar-refractivity contribution in [3.8, 4) is 0 Å². The van der Waals surface area contributed by atoms with E-state index in [4.69, 9.17) is 18.1 Å². The molecular formula is C10H15N3S. The highest BCUT2D eigenvalue weighted by Crippen LogP contribution is 2.10. The van der Waals surface area contributed by atoms with E-state index in [0.717, 1.165) is 0 Å². The molecule has 1 rings (SSSR count). The van der Waals surface area contributed by atoms with Crippen LogP contribution in [0.5, 0.6) is 0 Å². The van der Waals surface area contributed by atoms with Crippen LogP contribution in [0.25, 0.3) is 0 Å². The molecule has 0 amide bonds. The molecule has 0 aromatic heterocycles. The van der Waals surface area contributed by atoms with Crippen molar-refractivity contribution < 1.29 is 0 Å². The Morgan fingerprint density at radius 3 is 2.50 bits per heavy atom. The summed E-state index contributed by atoms with van der Waals surface area (Å²) in [6.45, 7) is 2.05. The summed E-state index contributed by atoms with van der Waals surface area (Å²) in [4.78, 5) is 0. The quantitative estimate of drug-likeness (QED) is 0.439. The first-order valence-electron chi connectivity index (χ1n) is 4.45. The molecule has 0 bridgehead atoms. The minimum absolute atomic E-state index is 0.176. The van der Waals surface area contributed by atoms with Gasteiger partial charge in [-0.3, -0.25) is 5.01 Å². The largest absolute Gasteiger partial charge is 0.355 e. The summed E-state index contributed by atoms with van der Waals surface area (Å²) in [7, 11) is 1.72. The molecule has 0 heterocycles. The van der Waals surface area contributed by atoms with Crippen molar-refractivity contribution in [3.63, 3.8) is 0 Å². The Bertz CT molecular complexity index is 297. The molecular weight excluding hydrogens is 194 g/mol. The van der Waals surface area contributed by atoms with E-state index in [-0.39, 0.29) is 6.04 Å². The molecule has 0 aliphatic rings. The van der Waals surface area contributed by atoms with Crippen LogP contribution in [0, 0.1) is 0 Å². The number of nitrogens with zero attached hydrogens (tertiary/aromatic N) is 1. The zero-order chi connectivity index (χ0) is 10.6. The molecule has 14 heavy (non-hydrogen) atoms. The van der Waals surface area contributed by atoms with Crippen LogP contribution in [0.2, 0.25) is 0 Å². The molecule has 4 heteroatoms. The Morgan fingerprint density at radius 2 is 2.00 bits per heavy atom. The minimum atomic E-state index is 0.176. The molecule has 0 saturated heterocycles. The Kier molecular flexibility index (Phi) is 3.85. The smallest absolute Gasteiger partial charge is 0.183 e. The molecule has 1 aromatic carbocycles. The van der Waals surface area contributed by atoms with Crippen molar-refractivity contribution in [1.29, 1.82) is 0 Å². The molecule has 3 nitrogen and oxygen atoms in total. The number of benzene rings is 1. The molecule has 3 N–H and O–H groups in total. The second-order valence-electron chi connectivity index (χ2n) is 3.19. The lowest BCUT2D eigenvalue weighted by Gasteiger charge is -2.20. The Morgan fingerprint density at radius 1 is 1.43 bits per heavy atom. The van der Waals surface area contributed by atoms with Crippen molar-refractivity contribution in [1.82, 2.24) is 10.3 Å². The van der Waals surface area contributed by atoms with Gasteiger partial charge in [0.1, 0.15) is 0 Å². The maximum atomic E-state index is 5.49. The fourth-order valence-electron chi connectivity index (χ4n) is 1.11. The number of thiocarbonyl (C=S) groups is 1. The topological polar surface area (TPSA) is 41.3 Å². The van der Waals surface area contributed by atoms with E-state index in [1.165, 1.54) is 10.6 Å². The molecule has 0 aliphatic heterocycles. The number of hydrogen-bond donors (Lipinski definition) is 2. The van der Waals surface area contributed by atoms with Gasteiger partial charge in [-0.15, -0.1) is 0 Å². The van der Waals surface area contributed by atoms with Crippen molar-refractivity contribution in [2.24, 2.45) is 5.84 Å². The lowest BCUT2D eigenvalue weighted by molar-refractivity contribution is 0.510. The first-order chi connectivity index (χ1) is 6.61. The van der Waals surface area contributed by atoms with Crippen molar-refractivity contribution in [2.75, 3.05) is 7.05 Å². The van der Waals surface area contributed by atoms with Gasteiger partial charge in [0.05, 0.1) is 6.04 Å². The number of nitrogens with two attached hydrogens (primary N) is 1. The predicted molar refractivity (Wildman–Crippen MR) is 62.5 cm³/mol. The highest BCUT2D eigenvalue weighted by molar-refractivity contribution is 7.80. The summed E-state index contributed by atoms with van der Waals surface area (Å²) in [6, 6.07) is 10.3. The number of rotatable bonds is 2. The van der Waals surface area contributed by atoms with E-state index in [2.05, 4.69) is 17.4 Å². The fraction of sp³-hybridized carbons (Fsp3) is 0.300. The van der Waals surface area contributed by atoms with Gasteiger partial charge in [0.2, 0.25) is 0 Å².